The molecule has 0 spiro atoms. The van der Waals surface area contributed by atoms with E-state index in [-0.39, 0.29) is 11.4 Å². The summed E-state index contributed by atoms with van der Waals surface area (Å²) >= 11 is 5.79. The Hall–Kier alpha value is -0.440. The van der Waals surface area contributed by atoms with Crippen LogP contribution in [0, 0.1) is 5.92 Å². The maximum atomic E-state index is 13.1. The van der Waals surface area contributed by atoms with Crippen molar-refractivity contribution in [1.82, 2.24) is 10.3 Å². The Morgan fingerprint density at radius 3 is 2.52 bits per heavy atom. The average Bonchev–Trinajstić information content (AvgIpc) is 2.94. The molecule has 2 rings (SSSR count). The quantitative estimate of drug-likeness (QED) is 0.729. The van der Waals surface area contributed by atoms with Crippen molar-refractivity contribution in [1.29, 1.82) is 0 Å². The summed E-state index contributed by atoms with van der Waals surface area (Å²) in [7, 11) is 0. The first-order valence-electron chi connectivity index (χ1n) is 6.30. The van der Waals surface area contributed by atoms with E-state index >= 15 is 0 Å². The van der Waals surface area contributed by atoms with E-state index in [2.05, 4.69) is 26.2 Å². The Labute approximate surface area is 137 Å². The highest BCUT2D eigenvalue weighted by Gasteiger charge is 2.37. The summed E-state index contributed by atoms with van der Waals surface area (Å²) in [6.07, 6.45) is -4.42. The normalized spacial score (nSPS) is 12.3. The van der Waals surface area contributed by atoms with Gasteiger partial charge in [0.2, 0.25) is 0 Å². The monoisotopic (exact) mass is 398 g/mol. The first-order valence-corrected chi connectivity index (χ1v) is 8.73. The van der Waals surface area contributed by atoms with Gasteiger partial charge in [-0.1, -0.05) is 13.8 Å². The summed E-state index contributed by atoms with van der Waals surface area (Å²) < 4.78 is 40.1. The third-order valence-corrected chi connectivity index (χ3v) is 5.44. The number of rotatable bonds is 5. The second-order valence-corrected chi connectivity index (χ2v) is 8.46. The van der Waals surface area contributed by atoms with E-state index in [1.54, 1.807) is 6.07 Å². The number of nitrogens with one attached hydrogen (secondary N) is 1. The number of hydrogen-bond acceptors (Lipinski definition) is 4. The number of thiophene rings is 1. The van der Waals surface area contributed by atoms with Gasteiger partial charge in [0, 0.05) is 6.54 Å². The minimum Gasteiger partial charge on any atom is -0.312 e. The smallest absolute Gasteiger partial charge is 0.312 e. The van der Waals surface area contributed by atoms with Crippen molar-refractivity contribution in [3.63, 3.8) is 0 Å². The lowest BCUT2D eigenvalue weighted by molar-refractivity contribution is -0.141. The molecular weight excluding hydrogens is 385 g/mol. The summed E-state index contributed by atoms with van der Waals surface area (Å²) in [4.78, 5) is 4.79. The standard InChI is InChI=1S/C13H14BrF3N2S2/c1-7(2)5-18-6-9-11(13(15,16)17)19-12(21-9)8-3-4-10(14)20-8/h3-4,7,18H,5-6H2,1-2H3. The maximum Gasteiger partial charge on any atom is 0.434 e. The molecule has 2 heterocycles. The van der Waals surface area contributed by atoms with Gasteiger partial charge in [0.1, 0.15) is 5.01 Å². The van der Waals surface area contributed by atoms with Gasteiger partial charge in [0.15, 0.2) is 5.69 Å². The summed E-state index contributed by atoms with van der Waals surface area (Å²) in [5.41, 5.74) is -0.775. The van der Waals surface area contributed by atoms with Crippen LogP contribution >= 0.6 is 38.6 Å². The van der Waals surface area contributed by atoms with E-state index in [1.807, 2.05) is 19.9 Å². The van der Waals surface area contributed by atoms with Crippen LogP contribution in [0.5, 0.6) is 0 Å². The third-order valence-electron chi connectivity index (χ3n) is 2.59. The molecule has 21 heavy (non-hydrogen) atoms. The minimum absolute atomic E-state index is 0.192. The summed E-state index contributed by atoms with van der Waals surface area (Å²) in [6, 6.07) is 3.59. The molecule has 0 radical (unpaired) electrons. The van der Waals surface area contributed by atoms with Gasteiger partial charge < -0.3 is 5.32 Å². The van der Waals surface area contributed by atoms with Gasteiger partial charge in [0.05, 0.1) is 13.5 Å². The van der Waals surface area contributed by atoms with E-state index in [4.69, 9.17) is 0 Å². The molecule has 0 unspecified atom stereocenters. The zero-order valence-corrected chi connectivity index (χ0v) is 14.6. The second kappa shape index (κ2) is 6.76. The Bertz CT molecular complexity index is 605. The zero-order chi connectivity index (χ0) is 15.6. The van der Waals surface area contributed by atoms with Crippen LogP contribution < -0.4 is 5.32 Å². The van der Waals surface area contributed by atoms with Crippen LogP contribution in [-0.4, -0.2) is 11.5 Å². The number of aromatic nitrogens is 1. The highest BCUT2D eigenvalue weighted by Crippen LogP contribution is 2.40. The van der Waals surface area contributed by atoms with Crippen molar-refractivity contribution in [2.45, 2.75) is 26.6 Å². The molecule has 8 heteroatoms. The van der Waals surface area contributed by atoms with Gasteiger partial charge in [-0.3, -0.25) is 0 Å². The number of nitrogens with zero attached hydrogens (tertiary/aromatic N) is 1. The van der Waals surface area contributed by atoms with Crippen LogP contribution in [0.1, 0.15) is 24.4 Å². The molecular formula is C13H14BrF3N2S2. The molecule has 2 nitrogen and oxygen atoms in total. The number of thiazole rings is 1. The van der Waals surface area contributed by atoms with Crippen molar-refractivity contribution in [3.05, 3.63) is 26.5 Å². The highest BCUT2D eigenvalue weighted by atomic mass is 79.9. The van der Waals surface area contributed by atoms with E-state index in [0.717, 1.165) is 20.0 Å². The van der Waals surface area contributed by atoms with Crippen molar-refractivity contribution in [3.8, 4) is 9.88 Å². The summed E-state index contributed by atoms with van der Waals surface area (Å²) in [5.74, 6) is 0.389. The average molecular weight is 399 g/mol. The summed E-state index contributed by atoms with van der Waals surface area (Å²) in [5, 5.41) is 3.46. The molecule has 0 saturated carbocycles. The molecule has 0 atom stereocenters. The van der Waals surface area contributed by atoms with Crippen molar-refractivity contribution in [2.75, 3.05) is 6.54 Å². The zero-order valence-electron chi connectivity index (χ0n) is 11.4. The Morgan fingerprint density at radius 2 is 2.00 bits per heavy atom. The first-order chi connectivity index (χ1) is 9.77. The Kier molecular flexibility index (Phi) is 5.45. The van der Waals surface area contributed by atoms with E-state index in [1.165, 1.54) is 11.3 Å². The molecule has 0 aliphatic heterocycles. The number of alkyl halides is 3. The lowest BCUT2D eigenvalue weighted by atomic mass is 10.2. The summed E-state index contributed by atoms with van der Waals surface area (Å²) in [6.45, 7) is 4.89. The fourth-order valence-electron chi connectivity index (χ4n) is 1.70. The van der Waals surface area contributed by atoms with Crippen LogP contribution in [-0.2, 0) is 12.7 Å². The van der Waals surface area contributed by atoms with Crippen molar-refractivity contribution in [2.24, 2.45) is 5.92 Å². The van der Waals surface area contributed by atoms with Crippen molar-refractivity contribution >= 4 is 38.6 Å². The Balaban J connectivity index is 2.27. The predicted molar refractivity (Wildman–Crippen MR) is 84.7 cm³/mol. The minimum atomic E-state index is -4.42. The number of halogens is 4. The molecule has 0 aromatic carbocycles. The van der Waals surface area contributed by atoms with Crippen LogP contribution in [0.25, 0.3) is 9.88 Å². The molecule has 0 fully saturated rings. The molecule has 1 N–H and O–H groups in total. The van der Waals surface area contributed by atoms with Gasteiger partial charge in [-0.15, -0.1) is 22.7 Å². The Morgan fingerprint density at radius 1 is 1.29 bits per heavy atom. The fraction of sp³-hybridized carbons (Fsp3) is 0.462. The molecule has 2 aromatic heterocycles. The van der Waals surface area contributed by atoms with Gasteiger partial charge in [-0.05, 0) is 40.5 Å². The SMILES string of the molecule is CC(C)CNCc1sc(-c2ccc(Br)s2)nc1C(F)(F)F. The predicted octanol–water partition coefficient (Wildman–Crippen LogP) is 5.40. The number of hydrogen-bond donors (Lipinski definition) is 1. The van der Waals surface area contributed by atoms with Crippen molar-refractivity contribution < 1.29 is 13.2 Å². The third kappa shape index (κ3) is 4.51. The van der Waals surface area contributed by atoms with Crippen LogP contribution in [0.2, 0.25) is 0 Å². The van der Waals surface area contributed by atoms with Crippen LogP contribution in [0.3, 0.4) is 0 Å². The van der Waals surface area contributed by atoms with E-state index in [0.29, 0.717) is 17.5 Å². The van der Waals surface area contributed by atoms with Crippen LogP contribution in [0.15, 0.2) is 15.9 Å². The molecule has 0 aliphatic rings. The molecule has 116 valence electrons. The second-order valence-electron chi connectivity index (χ2n) is 4.92. The molecule has 0 aliphatic carbocycles. The van der Waals surface area contributed by atoms with E-state index < -0.39 is 11.9 Å². The molecule has 0 saturated heterocycles. The van der Waals surface area contributed by atoms with Gasteiger partial charge in [-0.25, -0.2) is 4.98 Å². The molecule has 0 bridgehead atoms. The van der Waals surface area contributed by atoms with Gasteiger partial charge in [0.25, 0.3) is 0 Å². The first kappa shape index (κ1) is 16.9. The van der Waals surface area contributed by atoms with Gasteiger partial charge >= 0.3 is 6.18 Å². The lowest BCUT2D eigenvalue weighted by Crippen LogP contribution is -2.20. The lowest BCUT2D eigenvalue weighted by Gasteiger charge is -2.08. The van der Waals surface area contributed by atoms with Gasteiger partial charge in [-0.2, -0.15) is 13.2 Å². The maximum absolute atomic E-state index is 13.1. The molecule has 2 aromatic rings. The highest BCUT2D eigenvalue weighted by molar-refractivity contribution is 9.11. The van der Waals surface area contributed by atoms with E-state index in [9.17, 15) is 13.2 Å². The largest absolute Gasteiger partial charge is 0.434 e. The fourth-order valence-corrected chi connectivity index (χ4v) is 4.19. The van der Waals surface area contributed by atoms with Crippen LogP contribution in [0.4, 0.5) is 13.2 Å². The topological polar surface area (TPSA) is 24.9 Å². The molecule has 0 amide bonds.